The van der Waals surface area contributed by atoms with Gasteiger partial charge in [-0.2, -0.15) is 5.10 Å². The molecule has 136 valence electrons. The Morgan fingerprint density at radius 2 is 1.96 bits per heavy atom. The molecule has 26 heavy (non-hydrogen) atoms. The molecule has 9 nitrogen and oxygen atoms in total. The minimum Gasteiger partial charge on any atom is -0.481 e. The number of carbonyl (C=O) groups is 2. The summed E-state index contributed by atoms with van der Waals surface area (Å²) >= 11 is 0. The largest absolute Gasteiger partial charge is 0.481 e. The molecule has 0 bridgehead atoms. The number of rotatable bonds is 4. The van der Waals surface area contributed by atoms with Gasteiger partial charge < -0.3 is 10.0 Å². The van der Waals surface area contributed by atoms with E-state index in [1.165, 1.54) is 16.8 Å². The summed E-state index contributed by atoms with van der Waals surface area (Å²) in [5.41, 5.74) is 1.30. The number of carboxylic acids is 1. The summed E-state index contributed by atoms with van der Waals surface area (Å²) in [6, 6.07) is 5.40. The SMILES string of the molecule is CC1C(C(=O)O)CCN1C(=O)c1cn(C)nc1-c1ccc([N+](=O)[O-])cc1. The summed E-state index contributed by atoms with van der Waals surface area (Å²) < 4.78 is 1.50. The van der Waals surface area contributed by atoms with Gasteiger partial charge in [0, 0.05) is 43.5 Å². The fraction of sp³-hybridized carbons (Fsp3) is 0.353. The van der Waals surface area contributed by atoms with Crippen molar-refractivity contribution in [3.05, 3.63) is 46.1 Å². The molecule has 2 heterocycles. The molecule has 1 aromatic carbocycles. The average Bonchev–Trinajstić information content (AvgIpc) is 3.17. The van der Waals surface area contributed by atoms with Crippen LogP contribution in [0.2, 0.25) is 0 Å². The fourth-order valence-corrected chi connectivity index (χ4v) is 3.31. The summed E-state index contributed by atoms with van der Waals surface area (Å²) in [5.74, 6) is -1.78. The number of carboxylic acid groups (broad SMARTS) is 1. The first-order valence-corrected chi connectivity index (χ1v) is 8.12. The van der Waals surface area contributed by atoms with Crippen LogP contribution in [-0.4, -0.2) is 49.2 Å². The number of non-ortho nitro benzene ring substituents is 1. The smallest absolute Gasteiger partial charge is 0.308 e. The van der Waals surface area contributed by atoms with E-state index < -0.39 is 22.9 Å². The molecule has 1 aliphatic rings. The lowest BCUT2D eigenvalue weighted by atomic mass is 10.0. The van der Waals surface area contributed by atoms with Gasteiger partial charge in [-0.25, -0.2) is 0 Å². The van der Waals surface area contributed by atoms with E-state index in [9.17, 15) is 24.8 Å². The van der Waals surface area contributed by atoms with Gasteiger partial charge in [0.15, 0.2) is 0 Å². The summed E-state index contributed by atoms with van der Waals surface area (Å²) in [5, 5.41) is 24.4. The van der Waals surface area contributed by atoms with E-state index in [0.29, 0.717) is 29.8 Å². The Morgan fingerprint density at radius 3 is 2.50 bits per heavy atom. The van der Waals surface area contributed by atoms with Crippen LogP contribution < -0.4 is 0 Å². The van der Waals surface area contributed by atoms with Crippen LogP contribution in [0.25, 0.3) is 11.3 Å². The summed E-state index contributed by atoms with van der Waals surface area (Å²) in [6.07, 6.45) is 2.00. The Bertz CT molecular complexity index is 874. The molecular formula is C17H18N4O5. The van der Waals surface area contributed by atoms with Gasteiger partial charge in [-0.15, -0.1) is 0 Å². The van der Waals surface area contributed by atoms with E-state index in [2.05, 4.69) is 5.10 Å². The molecule has 0 spiro atoms. The lowest BCUT2D eigenvalue weighted by molar-refractivity contribution is -0.384. The number of aryl methyl sites for hydroxylation is 1. The lowest BCUT2D eigenvalue weighted by Crippen LogP contribution is -2.37. The number of aliphatic carboxylic acids is 1. The molecule has 1 fully saturated rings. The Kier molecular flexibility index (Phi) is 4.45. The zero-order chi connectivity index (χ0) is 19.0. The topological polar surface area (TPSA) is 119 Å². The van der Waals surface area contributed by atoms with Crippen LogP contribution in [-0.2, 0) is 11.8 Å². The van der Waals surface area contributed by atoms with E-state index in [1.54, 1.807) is 37.2 Å². The van der Waals surface area contributed by atoms with Crippen molar-refractivity contribution >= 4 is 17.6 Å². The Hall–Kier alpha value is -3.23. The molecule has 1 saturated heterocycles. The maximum absolute atomic E-state index is 13.0. The second-order valence-electron chi connectivity index (χ2n) is 6.34. The molecule has 1 aliphatic heterocycles. The number of aromatic nitrogens is 2. The molecule has 2 aromatic rings. The van der Waals surface area contributed by atoms with Crippen molar-refractivity contribution in [2.24, 2.45) is 13.0 Å². The number of nitro benzene ring substituents is 1. The van der Waals surface area contributed by atoms with Crippen molar-refractivity contribution in [2.45, 2.75) is 19.4 Å². The van der Waals surface area contributed by atoms with Gasteiger partial charge >= 0.3 is 5.97 Å². The van der Waals surface area contributed by atoms with E-state index in [4.69, 9.17) is 0 Å². The highest BCUT2D eigenvalue weighted by atomic mass is 16.6. The molecule has 1 aromatic heterocycles. The van der Waals surface area contributed by atoms with Crippen LogP contribution in [0.5, 0.6) is 0 Å². The first-order valence-electron chi connectivity index (χ1n) is 8.12. The molecule has 0 saturated carbocycles. The molecule has 9 heteroatoms. The van der Waals surface area contributed by atoms with Gasteiger partial charge in [-0.1, -0.05) is 0 Å². The number of nitrogens with zero attached hydrogens (tertiary/aromatic N) is 4. The van der Waals surface area contributed by atoms with Crippen LogP contribution in [0.3, 0.4) is 0 Å². The molecule has 2 unspecified atom stereocenters. The predicted octanol–water partition coefficient (Wildman–Crippen LogP) is 1.93. The van der Waals surface area contributed by atoms with E-state index in [0.717, 1.165) is 0 Å². The highest BCUT2D eigenvalue weighted by Crippen LogP contribution is 2.30. The van der Waals surface area contributed by atoms with Gasteiger partial charge in [0.2, 0.25) is 0 Å². The maximum Gasteiger partial charge on any atom is 0.308 e. The van der Waals surface area contributed by atoms with E-state index in [1.807, 2.05) is 0 Å². The predicted molar refractivity (Wildman–Crippen MR) is 91.5 cm³/mol. The van der Waals surface area contributed by atoms with Gasteiger partial charge in [-0.05, 0) is 25.5 Å². The third-order valence-electron chi connectivity index (χ3n) is 4.74. The third-order valence-corrected chi connectivity index (χ3v) is 4.74. The molecule has 3 rings (SSSR count). The van der Waals surface area contributed by atoms with Crippen molar-refractivity contribution in [1.82, 2.24) is 14.7 Å². The standard InChI is InChI=1S/C17H18N4O5/c1-10-13(17(23)24)7-8-20(10)16(22)14-9-19(2)18-15(14)11-3-5-12(6-4-11)21(25)26/h3-6,9-10,13H,7-8H2,1-2H3,(H,23,24). The third kappa shape index (κ3) is 3.03. The van der Waals surface area contributed by atoms with Gasteiger partial charge in [0.1, 0.15) is 5.69 Å². The molecule has 1 N–H and O–H groups in total. The highest BCUT2D eigenvalue weighted by molar-refractivity contribution is 6.00. The van der Waals surface area contributed by atoms with Gasteiger partial charge in [-0.3, -0.25) is 24.4 Å². The van der Waals surface area contributed by atoms with Crippen molar-refractivity contribution in [3.8, 4) is 11.3 Å². The molecule has 0 aliphatic carbocycles. The van der Waals surface area contributed by atoms with E-state index in [-0.39, 0.29) is 11.6 Å². The van der Waals surface area contributed by atoms with Crippen molar-refractivity contribution in [1.29, 1.82) is 0 Å². The minimum absolute atomic E-state index is 0.0463. The Labute approximate surface area is 149 Å². The van der Waals surface area contributed by atoms with Crippen LogP contribution in [0.15, 0.2) is 30.5 Å². The zero-order valence-electron chi connectivity index (χ0n) is 14.3. The number of likely N-dealkylation sites (tertiary alicyclic amines) is 1. The molecule has 1 amide bonds. The van der Waals surface area contributed by atoms with Crippen LogP contribution in [0.4, 0.5) is 5.69 Å². The molecule has 0 radical (unpaired) electrons. The second-order valence-corrected chi connectivity index (χ2v) is 6.34. The quantitative estimate of drug-likeness (QED) is 0.659. The Morgan fingerprint density at radius 1 is 1.31 bits per heavy atom. The second kappa shape index (κ2) is 6.58. The molecular weight excluding hydrogens is 340 g/mol. The zero-order valence-corrected chi connectivity index (χ0v) is 14.3. The first kappa shape index (κ1) is 17.6. The number of carbonyl (C=O) groups excluding carboxylic acids is 1. The summed E-state index contributed by atoms with van der Waals surface area (Å²) in [4.78, 5) is 36.1. The number of benzene rings is 1. The lowest BCUT2D eigenvalue weighted by Gasteiger charge is -2.23. The van der Waals surface area contributed by atoms with Crippen molar-refractivity contribution in [2.75, 3.05) is 6.54 Å². The average molecular weight is 358 g/mol. The minimum atomic E-state index is -0.908. The highest BCUT2D eigenvalue weighted by Gasteiger charge is 2.39. The fourth-order valence-electron chi connectivity index (χ4n) is 3.31. The number of hydrogen-bond acceptors (Lipinski definition) is 5. The van der Waals surface area contributed by atoms with Crippen molar-refractivity contribution in [3.63, 3.8) is 0 Å². The molecule has 2 atom stereocenters. The monoisotopic (exact) mass is 358 g/mol. The summed E-state index contributed by atoms with van der Waals surface area (Å²) in [6.45, 7) is 2.09. The van der Waals surface area contributed by atoms with Crippen LogP contribution in [0, 0.1) is 16.0 Å². The summed E-state index contributed by atoms with van der Waals surface area (Å²) in [7, 11) is 1.68. The van der Waals surface area contributed by atoms with Crippen molar-refractivity contribution < 1.29 is 19.6 Å². The maximum atomic E-state index is 13.0. The number of amides is 1. The number of hydrogen-bond donors (Lipinski definition) is 1. The van der Waals surface area contributed by atoms with Crippen LogP contribution in [0.1, 0.15) is 23.7 Å². The van der Waals surface area contributed by atoms with Crippen LogP contribution >= 0.6 is 0 Å². The Balaban J connectivity index is 1.93. The van der Waals surface area contributed by atoms with Gasteiger partial charge in [0.25, 0.3) is 11.6 Å². The number of nitro groups is 1. The normalized spacial score (nSPS) is 19.5. The first-order chi connectivity index (χ1) is 12.3. The van der Waals surface area contributed by atoms with Gasteiger partial charge in [0.05, 0.1) is 16.4 Å². The van der Waals surface area contributed by atoms with E-state index >= 15 is 0 Å².